The number of amides is 1. The number of hydrogen-bond acceptors (Lipinski definition) is 6. The Kier molecular flexibility index (Phi) is 5.75. The average molecular weight is 407 g/mol. The molecule has 3 aromatic rings. The summed E-state index contributed by atoms with van der Waals surface area (Å²) in [6.45, 7) is 5.51. The molecule has 1 amide bonds. The number of benzene rings is 1. The number of fused-ring (bicyclic) bond motifs is 1. The van der Waals surface area contributed by atoms with Crippen molar-refractivity contribution in [2.45, 2.75) is 24.4 Å². The summed E-state index contributed by atoms with van der Waals surface area (Å²) in [5, 5.41) is 6.69. The standard InChI is InChI=1S/C17H15ClN4O2S2/c1-3-6-22-15(24)13-5-4-11(18)7-14(13)21-17(22)26-9-12-8-25-16(20-12)19-10(2)23/h3-5,7-8H,1,6,9H2,2H3,(H,19,20,23). The highest BCUT2D eigenvalue weighted by atomic mass is 35.5. The van der Waals surface area contributed by atoms with Crippen LogP contribution in [0.5, 0.6) is 0 Å². The van der Waals surface area contributed by atoms with Crippen molar-refractivity contribution >= 4 is 56.6 Å². The van der Waals surface area contributed by atoms with Gasteiger partial charge in [-0.05, 0) is 18.2 Å². The molecule has 0 saturated heterocycles. The van der Waals surface area contributed by atoms with Crippen LogP contribution in [0.1, 0.15) is 12.6 Å². The summed E-state index contributed by atoms with van der Waals surface area (Å²) in [4.78, 5) is 32.8. The van der Waals surface area contributed by atoms with Crippen molar-refractivity contribution in [3.8, 4) is 0 Å². The van der Waals surface area contributed by atoms with Crippen LogP contribution in [0.25, 0.3) is 10.9 Å². The number of aromatic nitrogens is 3. The first-order chi connectivity index (χ1) is 12.5. The quantitative estimate of drug-likeness (QED) is 0.381. The van der Waals surface area contributed by atoms with Crippen LogP contribution in [0.3, 0.4) is 0 Å². The molecular weight excluding hydrogens is 392 g/mol. The van der Waals surface area contributed by atoms with Gasteiger partial charge in [0.25, 0.3) is 5.56 Å². The highest BCUT2D eigenvalue weighted by molar-refractivity contribution is 7.98. The van der Waals surface area contributed by atoms with E-state index >= 15 is 0 Å². The molecule has 0 radical (unpaired) electrons. The molecule has 0 fully saturated rings. The maximum Gasteiger partial charge on any atom is 0.262 e. The van der Waals surface area contributed by atoms with Gasteiger partial charge in [-0.2, -0.15) is 0 Å². The van der Waals surface area contributed by atoms with Crippen LogP contribution in [0.2, 0.25) is 5.02 Å². The second-order valence-electron chi connectivity index (χ2n) is 5.37. The number of nitrogens with one attached hydrogen (secondary N) is 1. The SMILES string of the molecule is C=CCn1c(SCc2csc(NC(C)=O)n2)nc2cc(Cl)ccc2c1=O. The molecular formula is C17H15ClN4O2S2. The summed E-state index contributed by atoms with van der Waals surface area (Å²) < 4.78 is 1.58. The molecule has 3 rings (SSSR count). The van der Waals surface area contributed by atoms with E-state index in [9.17, 15) is 9.59 Å². The van der Waals surface area contributed by atoms with E-state index in [1.54, 1.807) is 28.8 Å². The van der Waals surface area contributed by atoms with Gasteiger partial charge < -0.3 is 5.32 Å². The van der Waals surface area contributed by atoms with Gasteiger partial charge in [-0.3, -0.25) is 14.2 Å². The first-order valence-corrected chi connectivity index (χ1v) is 9.88. The summed E-state index contributed by atoms with van der Waals surface area (Å²) >= 11 is 8.78. The minimum atomic E-state index is -0.161. The molecule has 2 heterocycles. The lowest BCUT2D eigenvalue weighted by Crippen LogP contribution is -2.22. The predicted molar refractivity (Wildman–Crippen MR) is 107 cm³/mol. The normalized spacial score (nSPS) is 10.8. The monoisotopic (exact) mass is 406 g/mol. The third kappa shape index (κ3) is 4.14. The van der Waals surface area contributed by atoms with E-state index in [1.807, 2.05) is 5.38 Å². The molecule has 0 atom stereocenters. The number of thiazole rings is 1. The van der Waals surface area contributed by atoms with Crippen molar-refractivity contribution in [2.24, 2.45) is 0 Å². The number of halogens is 1. The van der Waals surface area contributed by atoms with Crippen LogP contribution in [0, 0.1) is 0 Å². The number of hydrogen-bond donors (Lipinski definition) is 1. The van der Waals surface area contributed by atoms with E-state index in [0.717, 1.165) is 5.69 Å². The fraction of sp³-hybridized carbons (Fsp3) is 0.176. The van der Waals surface area contributed by atoms with Gasteiger partial charge >= 0.3 is 0 Å². The number of carbonyl (C=O) groups excluding carboxylic acids is 1. The highest BCUT2D eigenvalue weighted by Crippen LogP contribution is 2.25. The maximum atomic E-state index is 12.7. The van der Waals surface area contributed by atoms with Gasteiger partial charge in [-0.15, -0.1) is 17.9 Å². The fourth-order valence-electron chi connectivity index (χ4n) is 2.29. The van der Waals surface area contributed by atoms with E-state index in [-0.39, 0.29) is 11.5 Å². The van der Waals surface area contributed by atoms with Gasteiger partial charge in [-0.25, -0.2) is 9.97 Å². The van der Waals surface area contributed by atoms with Crippen LogP contribution in [0.4, 0.5) is 5.13 Å². The molecule has 2 aromatic heterocycles. The summed E-state index contributed by atoms with van der Waals surface area (Å²) in [5.74, 6) is 0.359. The lowest BCUT2D eigenvalue weighted by Gasteiger charge is -2.11. The van der Waals surface area contributed by atoms with Gasteiger partial charge in [0.15, 0.2) is 10.3 Å². The van der Waals surface area contributed by atoms with Gasteiger partial charge in [0, 0.05) is 29.6 Å². The van der Waals surface area contributed by atoms with Crippen LogP contribution >= 0.6 is 34.7 Å². The van der Waals surface area contributed by atoms with Crippen molar-refractivity contribution in [3.63, 3.8) is 0 Å². The third-order valence-electron chi connectivity index (χ3n) is 3.38. The van der Waals surface area contributed by atoms with Gasteiger partial charge in [0.1, 0.15) is 0 Å². The Bertz CT molecular complexity index is 1040. The van der Waals surface area contributed by atoms with Crippen LogP contribution in [0.15, 0.2) is 46.2 Å². The number of thioether (sulfide) groups is 1. The number of anilines is 1. The molecule has 6 nitrogen and oxygen atoms in total. The summed E-state index contributed by atoms with van der Waals surface area (Å²) in [6.07, 6.45) is 1.66. The molecule has 1 aromatic carbocycles. The van der Waals surface area contributed by atoms with Crippen molar-refractivity contribution in [2.75, 3.05) is 5.32 Å². The number of allylic oxidation sites excluding steroid dienone is 1. The Morgan fingerprint density at radius 2 is 2.27 bits per heavy atom. The Balaban J connectivity index is 1.91. The van der Waals surface area contributed by atoms with E-state index in [2.05, 4.69) is 21.9 Å². The largest absolute Gasteiger partial charge is 0.302 e. The molecule has 26 heavy (non-hydrogen) atoms. The van der Waals surface area contributed by atoms with Crippen LogP contribution < -0.4 is 10.9 Å². The molecule has 0 unspecified atom stereocenters. The molecule has 0 aliphatic heterocycles. The summed E-state index contributed by atoms with van der Waals surface area (Å²) in [6, 6.07) is 5.04. The van der Waals surface area contributed by atoms with Crippen molar-refractivity contribution in [3.05, 3.63) is 57.3 Å². The van der Waals surface area contributed by atoms with Gasteiger partial charge in [0.2, 0.25) is 5.91 Å². The molecule has 0 aliphatic carbocycles. The zero-order valence-electron chi connectivity index (χ0n) is 13.9. The third-order valence-corrected chi connectivity index (χ3v) is 5.43. The minimum Gasteiger partial charge on any atom is -0.302 e. The Hall–Kier alpha value is -2.16. The summed E-state index contributed by atoms with van der Waals surface area (Å²) in [5.41, 5.74) is 1.23. The van der Waals surface area contributed by atoms with E-state index in [0.29, 0.717) is 38.5 Å². The predicted octanol–water partition coefficient (Wildman–Crippen LogP) is 3.94. The molecule has 1 N–H and O–H groups in total. The Morgan fingerprint density at radius 1 is 1.46 bits per heavy atom. The molecule has 0 aliphatic rings. The molecule has 0 saturated carbocycles. The van der Waals surface area contributed by atoms with Gasteiger partial charge in [-0.1, -0.05) is 29.4 Å². The maximum absolute atomic E-state index is 12.7. The average Bonchev–Trinajstić information content (AvgIpc) is 3.02. The van der Waals surface area contributed by atoms with E-state index < -0.39 is 0 Å². The summed E-state index contributed by atoms with van der Waals surface area (Å²) in [7, 11) is 0. The number of rotatable bonds is 6. The van der Waals surface area contributed by atoms with Crippen LogP contribution in [-0.2, 0) is 17.1 Å². The molecule has 0 bridgehead atoms. The topological polar surface area (TPSA) is 76.9 Å². The highest BCUT2D eigenvalue weighted by Gasteiger charge is 2.12. The first kappa shape index (κ1) is 18.6. The molecule has 134 valence electrons. The van der Waals surface area contributed by atoms with E-state index in [4.69, 9.17) is 11.6 Å². The van der Waals surface area contributed by atoms with Crippen molar-refractivity contribution in [1.82, 2.24) is 14.5 Å². The van der Waals surface area contributed by atoms with Crippen molar-refractivity contribution < 1.29 is 4.79 Å². The molecule has 0 spiro atoms. The zero-order chi connectivity index (χ0) is 18.7. The first-order valence-electron chi connectivity index (χ1n) is 7.63. The fourth-order valence-corrected chi connectivity index (χ4v) is 4.22. The second kappa shape index (κ2) is 8.03. The minimum absolute atomic E-state index is 0.133. The number of nitrogens with zero attached hydrogens (tertiary/aromatic N) is 3. The van der Waals surface area contributed by atoms with Gasteiger partial charge in [0.05, 0.1) is 16.6 Å². The lowest BCUT2D eigenvalue weighted by molar-refractivity contribution is -0.114. The molecule has 9 heteroatoms. The van der Waals surface area contributed by atoms with E-state index in [1.165, 1.54) is 30.0 Å². The zero-order valence-corrected chi connectivity index (χ0v) is 16.2. The Labute approximate surface area is 162 Å². The Morgan fingerprint density at radius 3 is 3.00 bits per heavy atom. The number of carbonyl (C=O) groups is 1. The lowest BCUT2D eigenvalue weighted by atomic mass is 10.2. The van der Waals surface area contributed by atoms with Crippen LogP contribution in [-0.4, -0.2) is 20.4 Å². The van der Waals surface area contributed by atoms with Crippen molar-refractivity contribution in [1.29, 1.82) is 0 Å². The second-order valence-corrected chi connectivity index (χ2v) is 7.61. The smallest absolute Gasteiger partial charge is 0.262 e.